The number of aryl methyl sites for hydroxylation is 2. The Morgan fingerprint density at radius 3 is 2.57 bits per heavy atom. The minimum Gasteiger partial charge on any atom is -0.362 e. The van der Waals surface area contributed by atoms with Gasteiger partial charge in [-0.05, 0) is 50.8 Å². The summed E-state index contributed by atoms with van der Waals surface area (Å²) in [5, 5.41) is 17.0. The van der Waals surface area contributed by atoms with Crippen LogP contribution in [-0.4, -0.2) is 34.5 Å². The second-order valence-electron chi connectivity index (χ2n) is 8.27. The van der Waals surface area contributed by atoms with E-state index in [1.165, 1.54) is 0 Å². The van der Waals surface area contributed by atoms with Crippen molar-refractivity contribution in [2.24, 2.45) is 7.05 Å². The zero-order chi connectivity index (χ0) is 20.5. The molecular formula is C20H24N4O2S2. The van der Waals surface area contributed by atoms with Gasteiger partial charge in [-0.15, -0.1) is 11.3 Å². The molecule has 2 aromatic heterocycles. The summed E-state index contributed by atoms with van der Waals surface area (Å²) >= 11 is 1.67. The van der Waals surface area contributed by atoms with Gasteiger partial charge in [0.05, 0.1) is 17.0 Å². The third-order valence-corrected chi connectivity index (χ3v) is 9.54. The summed E-state index contributed by atoms with van der Waals surface area (Å²) in [5.41, 5.74) is 2.14. The van der Waals surface area contributed by atoms with E-state index < -0.39 is 20.1 Å². The topological polar surface area (TPSA) is 87.8 Å². The van der Waals surface area contributed by atoms with E-state index in [2.05, 4.69) is 16.5 Å². The summed E-state index contributed by atoms with van der Waals surface area (Å²) in [6, 6.07) is 8.18. The van der Waals surface area contributed by atoms with Crippen molar-refractivity contribution < 1.29 is 8.42 Å². The summed E-state index contributed by atoms with van der Waals surface area (Å²) < 4.78 is 27.3. The van der Waals surface area contributed by atoms with Crippen molar-refractivity contribution in [1.29, 1.82) is 5.41 Å². The van der Waals surface area contributed by atoms with Crippen LogP contribution in [0.15, 0.2) is 30.5 Å². The Kier molecular flexibility index (Phi) is 4.04. The van der Waals surface area contributed by atoms with Gasteiger partial charge in [0.1, 0.15) is 10.6 Å². The average molecular weight is 417 g/mol. The molecule has 6 nitrogen and oxygen atoms in total. The lowest BCUT2D eigenvalue weighted by Crippen LogP contribution is -2.63. The van der Waals surface area contributed by atoms with Crippen LogP contribution in [0.2, 0.25) is 0 Å². The van der Waals surface area contributed by atoms with E-state index >= 15 is 0 Å². The van der Waals surface area contributed by atoms with Crippen molar-refractivity contribution in [1.82, 2.24) is 15.1 Å². The second kappa shape index (κ2) is 5.90. The highest BCUT2D eigenvalue weighted by atomic mass is 32.2. The van der Waals surface area contributed by atoms with Crippen LogP contribution in [0, 0.1) is 12.3 Å². The minimum atomic E-state index is -3.45. The Balaban J connectivity index is 1.78. The maximum Gasteiger partial charge on any atom is 0.165 e. The predicted octanol–water partition coefficient (Wildman–Crippen LogP) is 3.60. The molecule has 4 rings (SSSR count). The number of sulfone groups is 1. The van der Waals surface area contributed by atoms with E-state index in [0.717, 1.165) is 31.8 Å². The molecule has 148 valence electrons. The summed E-state index contributed by atoms with van der Waals surface area (Å²) in [5.74, 6) is 0.0000854. The molecule has 0 spiro atoms. The number of nitrogens with one attached hydrogen (secondary N) is 2. The summed E-state index contributed by atoms with van der Waals surface area (Å²) in [6.45, 7) is 7.02. The number of benzene rings is 1. The Labute approximate surface area is 169 Å². The number of hydrogen-bond donors (Lipinski definition) is 2. The Hall–Kier alpha value is -2.19. The van der Waals surface area contributed by atoms with Crippen LogP contribution < -0.4 is 5.32 Å². The lowest BCUT2D eigenvalue weighted by molar-refractivity contribution is 0.443. The summed E-state index contributed by atoms with van der Waals surface area (Å²) in [4.78, 5) is 1.14. The van der Waals surface area contributed by atoms with E-state index in [4.69, 9.17) is 5.41 Å². The quantitative estimate of drug-likeness (QED) is 0.668. The summed E-state index contributed by atoms with van der Waals surface area (Å²) in [7, 11) is -1.54. The number of nitrogens with zero attached hydrogens (tertiary/aromatic N) is 2. The molecule has 28 heavy (non-hydrogen) atoms. The molecule has 3 heterocycles. The highest BCUT2D eigenvalue weighted by Gasteiger charge is 2.50. The molecule has 0 saturated carbocycles. The van der Waals surface area contributed by atoms with Gasteiger partial charge in [0.2, 0.25) is 0 Å². The van der Waals surface area contributed by atoms with E-state index in [9.17, 15) is 8.42 Å². The maximum absolute atomic E-state index is 12.8. The first-order chi connectivity index (χ1) is 12.9. The zero-order valence-electron chi connectivity index (χ0n) is 16.6. The van der Waals surface area contributed by atoms with Crippen LogP contribution in [-0.2, 0) is 22.4 Å². The monoisotopic (exact) mass is 416 g/mol. The number of aromatic nitrogens is 2. The molecule has 0 bridgehead atoms. The Bertz CT molecular complexity index is 1220. The van der Waals surface area contributed by atoms with Gasteiger partial charge in [-0.25, -0.2) is 8.42 Å². The Morgan fingerprint density at radius 2 is 1.96 bits per heavy atom. The zero-order valence-corrected chi connectivity index (χ0v) is 18.3. The molecule has 2 N–H and O–H groups in total. The highest BCUT2D eigenvalue weighted by molar-refractivity contribution is 7.93. The molecule has 1 unspecified atom stereocenters. The summed E-state index contributed by atoms with van der Waals surface area (Å²) in [6.07, 6.45) is 2.01. The third kappa shape index (κ3) is 2.78. The van der Waals surface area contributed by atoms with Crippen molar-refractivity contribution >= 4 is 37.1 Å². The molecule has 1 aliphatic heterocycles. The molecule has 1 aromatic carbocycles. The average Bonchev–Trinajstić information content (AvgIpc) is 3.14. The second-order valence-corrected chi connectivity index (χ2v) is 11.9. The molecule has 0 aliphatic carbocycles. The van der Waals surface area contributed by atoms with Gasteiger partial charge in [0.15, 0.2) is 9.84 Å². The largest absolute Gasteiger partial charge is 0.362 e. The van der Waals surface area contributed by atoms with Gasteiger partial charge in [-0.1, -0.05) is 12.1 Å². The van der Waals surface area contributed by atoms with Crippen LogP contribution in [0.4, 0.5) is 0 Å². The van der Waals surface area contributed by atoms with Crippen molar-refractivity contribution in [2.45, 2.75) is 38.0 Å². The number of thiophene rings is 1. The van der Waals surface area contributed by atoms with Crippen molar-refractivity contribution in [3.63, 3.8) is 0 Å². The third-order valence-electron chi connectivity index (χ3n) is 5.70. The lowest BCUT2D eigenvalue weighted by atomic mass is 9.92. The molecule has 1 fully saturated rings. The normalized spacial score (nSPS) is 23.7. The fourth-order valence-corrected chi connectivity index (χ4v) is 6.57. The molecule has 1 saturated heterocycles. The molecule has 0 amide bonds. The van der Waals surface area contributed by atoms with E-state index in [-0.39, 0.29) is 11.6 Å². The first kappa shape index (κ1) is 19.1. The number of hydrogen-bond acceptors (Lipinski definition) is 5. The fourth-order valence-electron chi connectivity index (χ4n) is 3.68. The van der Waals surface area contributed by atoms with Crippen LogP contribution in [0.5, 0.6) is 0 Å². The number of rotatable bonds is 2. The number of amidine groups is 1. The van der Waals surface area contributed by atoms with Gasteiger partial charge in [0, 0.05) is 28.4 Å². The van der Waals surface area contributed by atoms with Crippen LogP contribution in [0.25, 0.3) is 20.5 Å². The minimum absolute atomic E-state index is 0.0408. The molecule has 0 radical (unpaired) electrons. The van der Waals surface area contributed by atoms with Crippen LogP contribution in [0.3, 0.4) is 0 Å². The fraction of sp³-hybridized carbons (Fsp3) is 0.400. The molecule has 1 atom stereocenters. The Morgan fingerprint density at radius 1 is 1.25 bits per heavy atom. The van der Waals surface area contributed by atoms with Crippen LogP contribution >= 0.6 is 11.3 Å². The van der Waals surface area contributed by atoms with Gasteiger partial charge >= 0.3 is 0 Å². The van der Waals surface area contributed by atoms with Crippen LogP contribution in [0.1, 0.15) is 32.0 Å². The maximum atomic E-state index is 12.8. The van der Waals surface area contributed by atoms with Gasteiger partial charge in [0.25, 0.3) is 0 Å². The first-order valence-electron chi connectivity index (χ1n) is 9.07. The van der Waals surface area contributed by atoms with Crippen molar-refractivity contribution in [3.05, 3.63) is 41.7 Å². The SMILES string of the molecule is Cc1nn(C)cc1-c1cc2ccc(C3(C)CS(=O)(=O)C(C)(C)C(=N)N3)cc2s1. The van der Waals surface area contributed by atoms with E-state index in [1.54, 1.807) is 25.2 Å². The van der Waals surface area contributed by atoms with Crippen molar-refractivity contribution in [2.75, 3.05) is 5.75 Å². The smallest absolute Gasteiger partial charge is 0.165 e. The standard InChI is InChI=1S/C20H24N4O2S2/c1-12-15(10-24(5)23-12)17-8-13-6-7-14(9-16(13)27-17)20(4)11-28(25,26)19(2,3)18(21)22-20/h6-10H,11H2,1-5H3,(H2,21,22). The van der Waals surface area contributed by atoms with Crippen molar-refractivity contribution in [3.8, 4) is 10.4 Å². The van der Waals surface area contributed by atoms with Gasteiger partial charge in [-0.3, -0.25) is 10.1 Å². The van der Waals surface area contributed by atoms with Gasteiger partial charge in [-0.2, -0.15) is 5.10 Å². The lowest BCUT2D eigenvalue weighted by Gasteiger charge is -2.43. The van der Waals surface area contributed by atoms with Gasteiger partial charge < -0.3 is 5.32 Å². The molecular weight excluding hydrogens is 392 g/mol. The molecule has 3 aromatic rings. The van der Waals surface area contributed by atoms with E-state index in [0.29, 0.717) is 0 Å². The number of fused-ring (bicyclic) bond motifs is 1. The predicted molar refractivity (Wildman–Crippen MR) is 115 cm³/mol. The first-order valence-corrected chi connectivity index (χ1v) is 11.5. The highest BCUT2D eigenvalue weighted by Crippen LogP contribution is 2.39. The molecule has 8 heteroatoms. The van der Waals surface area contributed by atoms with E-state index in [1.807, 2.05) is 50.0 Å². The molecule has 1 aliphatic rings.